The first-order chi connectivity index (χ1) is 22.7. The summed E-state index contributed by atoms with van der Waals surface area (Å²) in [6.45, 7) is 2.35. The third-order valence-electron chi connectivity index (χ3n) is 9.76. The van der Waals surface area contributed by atoms with Gasteiger partial charge in [-0.3, -0.25) is 0 Å². The Morgan fingerprint density at radius 1 is 0.457 bits per heavy atom. The average Bonchev–Trinajstić information content (AvgIpc) is 3.63. The second-order valence-corrected chi connectivity index (χ2v) is 12.3. The summed E-state index contributed by atoms with van der Waals surface area (Å²) in [6.07, 6.45) is 0. The van der Waals surface area contributed by atoms with E-state index in [0.29, 0.717) is 0 Å². The number of rotatable bonds is 5. The molecule has 7 aromatic carbocycles. The summed E-state index contributed by atoms with van der Waals surface area (Å²) in [7, 11) is 0. The molecule has 1 aromatic heterocycles. The highest BCUT2D eigenvalue weighted by molar-refractivity contribution is 6.10. The number of hydrogen-bond acceptors (Lipinski definition) is 2. The van der Waals surface area contributed by atoms with Gasteiger partial charge in [-0.15, -0.1) is 0 Å². The van der Waals surface area contributed by atoms with Crippen LogP contribution in [0.15, 0.2) is 174 Å². The molecule has 218 valence electrons. The van der Waals surface area contributed by atoms with Crippen LogP contribution in [-0.2, 0) is 5.41 Å². The van der Waals surface area contributed by atoms with Gasteiger partial charge in [0.15, 0.2) is 0 Å². The lowest BCUT2D eigenvalue weighted by Gasteiger charge is -2.28. The zero-order valence-electron chi connectivity index (χ0n) is 25.5. The van der Waals surface area contributed by atoms with Crippen LogP contribution >= 0.6 is 0 Å². The van der Waals surface area contributed by atoms with Gasteiger partial charge in [-0.05, 0) is 82.8 Å². The van der Waals surface area contributed by atoms with Crippen LogP contribution in [0.25, 0.3) is 44.2 Å². The van der Waals surface area contributed by atoms with Crippen molar-refractivity contribution in [3.8, 4) is 22.3 Å². The minimum Gasteiger partial charge on any atom is -0.455 e. The van der Waals surface area contributed by atoms with Crippen LogP contribution < -0.4 is 4.90 Å². The van der Waals surface area contributed by atoms with Crippen LogP contribution in [-0.4, -0.2) is 0 Å². The highest BCUT2D eigenvalue weighted by Crippen LogP contribution is 2.52. The lowest BCUT2D eigenvalue weighted by molar-refractivity contribution is 0.663. The van der Waals surface area contributed by atoms with E-state index in [-0.39, 0.29) is 5.41 Å². The lowest BCUT2D eigenvalue weighted by atomic mass is 9.74. The number of hydrogen-bond donors (Lipinski definition) is 0. The fraction of sp³-hybridized carbons (Fsp3) is 0.0455. The molecule has 1 aliphatic rings. The number of nitrogens with zero attached hydrogens (tertiary/aromatic N) is 1. The fourth-order valence-corrected chi connectivity index (χ4v) is 7.49. The van der Waals surface area contributed by atoms with Gasteiger partial charge in [0, 0.05) is 38.8 Å². The third-order valence-corrected chi connectivity index (χ3v) is 9.76. The SMILES string of the molecule is CC1(c2ccc3c(c2)oc2c(-c4ccc(N(c5ccccc5)c5ccccc5)cc4)cccc23)c2ccccc2-c2ccccc21. The van der Waals surface area contributed by atoms with Crippen molar-refractivity contribution in [2.75, 3.05) is 4.90 Å². The summed E-state index contributed by atoms with van der Waals surface area (Å²) in [5.41, 5.74) is 13.7. The second-order valence-electron chi connectivity index (χ2n) is 12.3. The summed E-state index contributed by atoms with van der Waals surface area (Å²) < 4.78 is 6.77. The van der Waals surface area contributed by atoms with Crippen LogP contribution in [0, 0.1) is 0 Å². The summed E-state index contributed by atoms with van der Waals surface area (Å²) in [5, 5.41) is 2.27. The van der Waals surface area contributed by atoms with E-state index in [1.165, 1.54) is 27.8 Å². The maximum Gasteiger partial charge on any atom is 0.143 e. The minimum absolute atomic E-state index is 0.262. The molecule has 0 spiro atoms. The molecule has 0 radical (unpaired) electrons. The Morgan fingerprint density at radius 2 is 1.00 bits per heavy atom. The molecule has 46 heavy (non-hydrogen) atoms. The fourth-order valence-electron chi connectivity index (χ4n) is 7.49. The normalized spacial score (nSPS) is 13.1. The zero-order valence-corrected chi connectivity index (χ0v) is 25.5. The Morgan fingerprint density at radius 3 is 1.63 bits per heavy atom. The van der Waals surface area contributed by atoms with Crippen molar-refractivity contribution in [3.05, 3.63) is 187 Å². The summed E-state index contributed by atoms with van der Waals surface area (Å²) in [5.74, 6) is 0. The third kappa shape index (κ3) is 3.97. The van der Waals surface area contributed by atoms with Gasteiger partial charge in [-0.2, -0.15) is 0 Å². The molecule has 0 fully saturated rings. The Balaban J connectivity index is 1.14. The van der Waals surface area contributed by atoms with Crippen molar-refractivity contribution in [1.82, 2.24) is 0 Å². The van der Waals surface area contributed by atoms with E-state index >= 15 is 0 Å². The first-order valence-corrected chi connectivity index (χ1v) is 15.9. The van der Waals surface area contributed by atoms with E-state index in [4.69, 9.17) is 4.42 Å². The molecule has 0 saturated carbocycles. The second kappa shape index (κ2) is 10.4. The molecule has 0 saturated heterocycles. The first kappa shape index (κ1) is 26.5. The van der Waals surface area contributed by atoms with Gasteiger partial charge in [-0.1, -0.05) is 127 Å². The predicted molar refractivity (Wildman–Crippen MR) is 191 cm³/mol. The number of benzene rings is 7. The van der Waals surface area contributed by atoms with Crippen LogP contribution in [0.1, 0.15) is 23.6 Å². The molecule has 0 N–H and O–H groups in total. The molecular weight excluding hydrogens is 558 g/mol. The van der Waals surface area contributed by atoms with Gasteiger partial charge in [0.2, 0.25) is 0 Å². The summed E-state index contributed by atoms with van der Waals surface area (Å²) in [6, 6.07) is 60.7. The highest BCUT2D eigenvalue weighted by Gasteiger charge is 2.40. The van der Waals surface area contributed by atoms with Crippen LogP contribution in [0.4, 0.5) is 17.1 Å². The largest absolute Gasteiger partial charge is 0.455 e. The topological polar surface area (TPSA) is 16.4 Å². The van der Waals surface area contributed by atoms with Gasteiger partial charge >= 0.3 is 0 Å². The van der Waals surface area contributed by atoms with E-state index in [1.54, 1.807) is 0 Å². The first-order valence-electron chi connectivity index (χ1n) is 15.9. The Labute approximate surface area is 268 Å². The van der Waals surface area contributed by atoms with Crippen LogP contribution in [0.2, 0.25) is 0 Å². The van der Waals surface area contributed by atoms with Crippen molar-refractivity contribution in [3.63, 3.8) is 0 Å². The predicted octanol–water partition coefficient (Wildman–Crippen LogP) is 12.1. The van der Waals surface area contributed by atoms with E-state index in [2.05, 4.69) is 182 Å². The maximum absolute atomic E-state index is 6.77. The van der Waals surface area contributed by atoms with Gasteiger partial charge in [0.1, 0.15) is 11.2 Å². The summed E-state index contributed by atoms with van der Waals surface area (Å²) in [4.78, 5) is 2.28. The van der Waals surface area contributed by atoms with E-state index < -0.39 is 0 Å². The summed E-state index contributed by atoms with van der Waals surface area (Å²) >= 11 is 0. The average molecular weight is 590 g/mol. The van der Waals surface area contributed by atoms with Crippen molar-refractivity contribution < 1.29 is 4.42 Å². The molecule has 9 rings (SSSR count). The molecular formula is C44H31NO. The van der Waals surface area contributed by atoms with Gasteiger partial charge in [0.25, 0.3) is 0 Å². The van der Waals surface area contributed by atoms with Gasteiger partial charge < -0.3 is 9.32 Å². The lowest BCUT2D eigenvalue weighted by Crippen LogP contribution is -2.22. The molecule has 8 aromatic rings. The van der Waals surface area contributed by atoms with Gasteiger partial charge in [-0.25, -0.2) is 0 Å². The highest BCUT2D eigenvalue weighted by atomic mass is 16.3. The van der Waals surface area contributed by atoms with E-state index in [9.17, 15) is 0 Å². The molecule has 0 amide bonds. The van der Waals surface area contributed by atoms with Gasteiger partial charge in [0.05, 0.1) is 0 Å². The molecule has 1 heterocycles. The monoisotopic (exact) mass is 589 g/mol. The molecule has 1 aliphatic carbocycles. The van der Waals surface area contributed by atoms with E-state index in [1.807, 2.05) is 0 Å². The van der Waals surface area contributed by atoms with E-state index in [0.717, 1.165) is 50.1 Å². The van der Waals surface area contributed by atoms with Crippen molar-refractivity contribution in [1.29, 1.82) is 0 Å². The molecule has 2 nitrogen and oxygen atoms in total. The number of para-hydroxylation sites is 3. The molecule has 0 unspecified atom stereocenters. The van der Waals surface area contributed by atoms with Crippen molar-refractivity contribution in [2.24, 2.45) is 0 Å². The molecule has 0 atom stereocenters. The molecule has 0 aliphatic heterocycles. The quantitative estimate of drug-likeness (QED) is 0.199. The molecule has 2 heteroatoms. The number of anilines is 3. The van der Waals surface area contributed by atoms with Crippen LogP contribution in [0.5, 0.6) is 0 Å². The smallest absolute Gasteiger partial charge is 0.143 e. The Kier molecular flexibility index (Phi) is 5.97. The van der Waals surface area contributed by atoms with Crippen molar-refractivity contribution in [2.45, 2.75) is 12.3 Å². The minimum atomic E-state index is -0.262. The maximum atomic E-state index is 6.77. The zero-order chi connectivity index (χ0) is 30.7. The number of furan rings is 1. The Bertz CT molecular complexity index is 2280. The van der Waals surface area contributed by atoms with Crippen LogP contribution in [0.3, 0.4) is 0 Å². The molecule has 0 bridgehead atoms. The standard InChI is InChI=1S/C44H31NO/c1-44(40-21-10-8-17-36(40)37-18-9-11-22-41(37)44)31-25-28-38-39-20-12-19-35(43(39)46-42(38)29-31)30-23-26-34(27-24-30)45(32-13-4-2-5-14-32)33-15-6-3-7-16-33/h2-29H,1H3. The number of fused-ring (bicyclic) bond motifs is 6. The Hall–Kier alpha value is -5.86. The van der Waals surface area contributed by atoms with Crippen molar-refractivity contribution >= 4 is 39.0 Å².